The zero-order valence-electron chi connectivity index (χ0n) is 22.3. The highest BCUT2D eigenvalue weighted by Gasteiger charge is 2.32. The van der Waals surface area contributed by atoms with E-state index in [1.807, 2.05) is 6.07 Å². The number of fused-ring (bicyclic) bond motifs is 1. The molecule has 5 rings (SSSR count). The zero-order valence-corrected chi connectivity index (χ0v) is 22.3. The van der Waals surface area contributed by atoms with Crippen LogP contribution >= 0.6 is 0 Å². The lowest BCUT2D eigenvalue weighted by Gasteiger charge is -2.32. The summed E-state index contributed by atoms with van der Waals surface area (Å²) in [5, 5.41) is 24.7. The minimum absolute atomic E-state index is 0.00811. The van der Waals surface area contributed by atoms with Gasteiger partial charge in [0.05, 0.1) is 31.0 Å². The van der Waals surface area contributed by atoms with E-state index in [2.05, 4.69) is 16.7 Å². The van der Waals surface area contributed by atoms with Crippen LogP contribution in [0.25, 0.3) is 0 Å². The number of likely N-dealkylation sites (tertiary alicyclic amines) is 1. The van der Waals surface area contributed by atoms with E-state index >= 15 is 0 Å². The smallest absolute Gasteiger partial charge is 0.477 e. The Morgan fingerprint density at radius 2 is 1.80 bits per heavy atom. The molecule has 1 unspecified atom stereocenters. The second kappa shape index (κ2) is 11.7. The molecule has 2 fully saturated rings. The van der Waals surface area contributed by atoms with E-state index in [0.717, 1.165) is 36.8 Å². The highest BCUT2D eigenvalue weighted by Crippen LogP contribution is 2.44. The summed E-state index contributed by atoms with van der Waals surface area (Å²) in [7, 11) is 1.25. The van der Waals surface area contributed by atoms with E-state index < -0.39 is 18.4 Å². The van der Waals surface area contributed by atoms with Gasteiger partial charge in [-0.15, -0.1) is 0 Å². The molecular weight excluding hydrogens is 516 g/mol. The minimum Gasteiger partial charge on any atom is -0.477 e. The van der Waals surface area contributed by atoms with Gasteiger partial charge < -0.3 is 34.9 Å². The number of methoxy groups -OCH3 is 1. The quantitative estimate of drug-likeness (QED) is 0.345. The molecule has 3 aliphatic rings. The highest BCUT2D eigenvalue weighted by molar-refractivity contribution is 5.96. The van der Waals surface area contributed by atoms with Crippen LogP contribution < -0.4 is 20.1 Å². The summed E-state index contributed by atoms with van der Waals surface area (Å²) < 4.78 is 16.3. The molecule has 210 valence electrons. The Hall–Kier alpha value is -4.46. The summed E-state index contributed by atoms with van der Waals surface area (Å²) >= 11 is 0. The molecule has 40 heavy (non-hydrogen) atoms. The van der Waals surface area contributed by atoms with E-state index in [0.29, 0.717) is 54.4 Å². The van der Waals surface area contributed by atoms with Crippen LogP contribution in [-0.4, -0.2) is 61.0 Å². The Morgan fingerprint density at radius 1 is 1.07 bits per heavy atom. The van der Waals surface area contributed by atoms with Crippen LogP contribution in [0.5, 0.6) is 11.5 Å². The Labute approximate surface area is 232 Å². The molecule has 0 radical (unpaired) electrons. The van der Waals surface area contributed by atoms with Crippen LogP contribution in [0.4, 0.5) is 21.0 Å². The fourth-order valence-electron chi connectivity index (χ4n) is 5.82. The first kappa shape index (κ1) is 27.1. The molecule has 2 aromatic carbocycles. The van der Waals surface area contributed by atoms with E-state index in [4.69, 9.17) is 19.5 Å². The molecule has 2 amide bonds. The van der Waals surface area contributed by atoms with Gasteiger partial charge in [-0.05, 0) is 72.9 Å². The van der Waals surface area contributed by atoms with Crippen LogP contribution in [-0.2, 0) is 9.53 Å². The van der Waals surface area contributed by atoms with Crippen molar-refractivity contribution in [1.82, 2.24) is 4.90 Å². The standard InChI is InChI=1S/C29H32N4O7/c1-38-29(37)40-25-14-22(32-27(34)26-16-31-23-12-17(15-30)6-7-24(23)39-26)20(13-21(25)18-4-2-3-5-18)19-8-10-33(11-9-19)28(35)36/h6-7,12-14,18-19,26,31H,2-5,8-11,16H2,1H3,(H,32,34)(H,35,36). The molecule has 11 heteroatoms. The summed E-state index contributed by atoms with van der Waals surface area (Å²) in [6, 6.07) is 10.7. The third-order valence-electron chi connectivity index (χ3n) is 7.95. The number of carbonyl (C=O) groups is 3. The fourth-order valence-corrected chi connectivity index (χ4v) is 5.82. The van der Waals surface area contributed by atoms with Crippen LogP contribution in [0, 0.1) is 11.3 Å². The first-order valence-corrected chi connectivity index (χ1v) is 13.5. The fraction of sp³-hybridized carbons (Fsp3) is 0.448. The molecule has 2 heterocycles. The van der Waals surface area contributed by atoms with Crippen molar-refractivity contribution in [3.8, 4) is 17.6 Å². The number of carbonyl (C=O) groups excluding carboxylic acids is 2. The summed E-state index contributed by atoms with van der Waals surface area (Å²) in [4.78, 5) is 38.5. The third-order valence-corrected chi connectivity index (χ3v) is 7.95. The Balaban J connectivity index is 1.45. The normalized spacial score (nSPS) is 19.0. The maximum atomic E-state index is 13.5. The van der Waals surface area contributed by atoms with Crippen molar-refractivity contribution >= 4 is 29.5 Å². The van der Waals surface area contributed by atoms with Crippen LogP contribution in [0.3, 0.4) is 0 Å². The van der Waals surface area contributed by atoms with Gasteiger partial charge in [-0.2, -0.15) is 5.26 Å². The Bertz CT molecular complexity index is 1340. The van der Waals surface area contributed by atoms with Gasteiger partial charge in [0.1, 0.15) is 11.5 Å². The molecule has 0 bridgehead atoms. The second-order valence-corrected chi connectivity index (χ2v) is 10.4. The topological polar surface area (TPSA) is 150 Å². The van der Waals surface area contributed by atoms with Crippen LogP contribution in [0.1, 0.15) is 67.1 Å². The minimum atomic E-state index is -0.940. The van der Waals surface area contributed by atoms with Gasteiger partial charge in [0.2, 0.25) is 0 Å². The number of hydrogen-bond donors (Lipinski definition) is 3. The first-order chi connectivity index (χ1) is 19.4. The molecule has 1 saturated carbocycles. The number of hydrogen-bond acceptors (Lipinski definition) is 8. The van der Waals surface area contributed by atoms with Crippen molar-refractivity contribution in [2.75, 3.05) is 37.4 Å². The lowest BCUT2D eigenvalue weighted by atomic mass is 9.84. The van der Waals surface area contributed by atoms with Gasteiger partial charge in [-0.25, -0.2) is 9.59 Å². The Kier molecular flexibility index (Phi) is 7.96. The molecule has 3 N–H and O–H groups in total. The number of piperidine rings is 1. The molecule has 11 nitrogen and oxygen atoms in total. The lowest BCUT2D eigenvalue weighted by Crippen LogP contribution is -2.41. The van der Waals surface area contributed by atoms with Crippen LogP contribution in [0.15, 0.2) is 30.3 Å². The number of nitriles is 1. The predicted molar refractivity (Wildman–Crippen MR) is 145 cm³/mol. The van der Waals surface area contributed by atoms with E-state index in [1.54, 1.807) is 24.3 Å². The summed E-state index contributed by atoms with van der Waals surface area (Å²) in [6.45, 7) is 0.985. The molecular formula is C29H32N4O7. The number of nitrogens with one attached hydrogen (secondary N) is 2. The highest BCUT2D eigenvalue weighted by atomic mass is 16.7. The van der Waals surface area contributed by atoms with Crippen molar-refractivity contribution in [2.45, 2.75) is 56.5 Å². The van der Waals surface area contributed by atoms with Crippen molar-refractivity contribution in [3.63, 3.8) is 0 Å². The van der Waals surface area contributed by atoms with E-state index in [1.165, 1.54) is 12.0 Å². The van der Waals surface area contributed by atoms with Gasteiger partial charge in [0.25, 0.3) is 5.91 Å². The maximum Gasteiger partial charge on any atom is 0.513 e. The molecule has 0 aromatic heterocycles. The van der Waals surface area contributed by atoms with Gasteiger partial charge in [0.15, 0.2) is 6.10 Å². The number of rotatable bonds is 5. The number of ether oxygens (including phenoxy) is 3. The van der Waals surface area contributed by atoms with Crippen molar-refractivity contribution < 1.29 is 33.7 Å². The van der Waals surface area contributed by atoms with Gasteiger partial charge in [0, 0.05) is 24.8 Å². The average Bonchev–Trinajstić information content (AvgIpc) is 3.51. The monoisotopic (exact) mass is 548 g/mol. The SMILES string of the molecule is COC(=O)Oc1cc(NC(=O)C2CNc3cc(C#N)ccc3O2)c(C2CCN(C(=O)O)CC2)cc1C1CCCC1. The third kappa shape index (κ3) is 5.76. The predicted octanol–water partition coefficient (Wildman–Crippen LogP) is 5.03. The van der Waals surface area contributed by atoms with Crippen molar-refractivity contribution in [2.24, 2.45) is 0 Å². The van der Waals surface area contributed by atoms with Crippen molar-refractivity contribution in [1.29, 1.82) is 5.26 Å². The molecule has 0 spiro atoms. The number of amides is 2. The van der Waals surface area contributed by atoms with Crippen molar-refractivity contribution in [3.05, 3.63) is 47.0 Å². The number of nitrogens with zero attached hydrogens (tertiary/aromatic N) is 2. The summed E-state index contributed by atoms with van der Waals surface area (Å²) in [6.07, 6.45) is 2.67. The van der Waals surface area contributed by atoms with Gasteiger partial charge in [-0.1, -0.05) is 12.8 Å². The molecule has 1 aliphatic carbocycles. The average molecular weight is 549 g/mol. The lowest BCUT2D eigenvalue weighted by molar-refractivity contribution is -0.122. The second-order valence-electron chi connectivity index (χ2n) is 10.4. The summed E-state index contributed by atoms with van der Waals surface area (Å²) in [5.74, 6) is 0.650. The number of anilines is 2. The van der Waals surface area contributed by atoms with E-state index in [-0.39, 0.29) is 24.3 Å². The first-order valence-electron chi connectivity index (χ1n) is 13.5. The largest absolute Gasteiger partial charge is 0.513 e. The van der Waals surface area contributed by atoms with E-state index in [9.17, 15) is 19.5 Å². The number of carboxylic acid groups (broad SMARTS) is 1. The maximum absolute atomic E-state index is 13.5. The Morgan fingerprint density at radius 3 is 2.48 bits per heavy atom. The molecule has 2 aromatic rings. The van der Waals surface area contributed by atoms with Gasteiger partial charge >= 0.3 is 12.2 Å². The summed E-state index contributed by atoms with van der Waals surface area (Å²) in [5.41, 5.74) is 3.41. The van der Waals surface area contributed by atoms with Crippen LogP contribution in [0.2, 0.25) is 0 Å². The zero-order chi connectivity index (χ0) is 28.2. The molecule has 2 aliphatic heterocycles. The number of benzene rings is 2. The molecule has 1 atom stereocenters. The molecule has 1 saturated heterocycles. The van der Waals surface area contributed by atoms with Gasteiger partial charge in [-0.3, -0.25) is 4.79 Å².